The number of ether oxygens (including phenoxy) is 1. The summed E-state index contributed by atoms with van der Waals surface area (Å²) in [5.74, 6) is 0.130. The van der Waals surface area contributed by atoms with Gasteiger partial charge >= 0.3 is 5.97 Å². The predicted molar refractivity (Wildman–Crippen MR) is 68.7 cm³/mol. The number of carbonyl (C=O) groups excluding carboxylic acids is 1. The van der Waals surface area contributed by atoms with Crippen molar-refractivity contribution < 1.29 is 9.53 Å². The van der Waals surface area contributed by atoms with E-state index in [9.17, 15) is 4.79 Å². The van der Waals surface area contributed by atoms with Crippen LogP contribution in [0.4, 0.5) is 5.69 Å². The Morgan fingerprint density at radius 2 is 2.33 bits per heavy atom. The van der Waals surface area contributed by atoms with Gasteiger partial charge in [0.25, 0.3) is 0 Å². The highest BCUT2D eigenvalue weighted by Gasteiger charge is 2.10. The van der Waals surface area contributed by atoms with Gasteiger partial charge in [0.05, 0.1) is 5.56 Å². The molecule has 0 fully saturated rings. The summed E-state index contributed by atoms with van der Waals surface area (Å²) in [7, 11) is 1.73. The van der Waals surface area contributed by atoms with Crippen LogP contribution < -0.4 is 5.73 Å². The Morgan fingerprint density at radius 3 is 2.94 bits per heavy atom. The number of nitrogen functional groups attached to an aromatic ring is 1. The quantitative estimate of drug-likeness (QED) is 0.686. The van der Waals surface area contributed by atoms with Crippen LogP contribution in [0.15, 0.2) is 29.0 Å². The lowest BCUT2D eigenvalue weighted by molar-refractivity contribution is 0.0458. The van der Waals surface area contributed by atoms with Gasteiger partial charge in [-0.05, 0) is 34.1 Å². The highest BCUT2D eigenvalue weighted by Crippen LogP contribution is 2.20. The minimum atomic E-state index is -0.447. The van der Waals surface area contributed by atoms with E-state index < -0.39 is 5.97 Å². The second kappa shape index (κ2) is 5.18. The number of hydrogen-bond acceptors (Lipinski definition) is 5. The number of aryl methyl sites for hydroxylation is 1. The fourth-order valence-electron chi connectivity index (χ4n) is 1.33. The predicted octanol–water partition coefficient (Wildman–Crippen LogP) is 1.52. The molecule has 94 valence electrons. The molecule has 0 radical (unpaired) electrons. The van der Waals surface area contributed by atoms with Crippen molar-refractivity contribution in [3.63, 3.8) is 0 Å². The zero-order chi connectivity index (χ0) is 13.1. The van der Waals surface area contributed by atoms with Gasteiger partial charge in [-0.3, -0.25) is 4.68 Å². The number of hydrogen-bond donors (Lipinski definition) is 1. The number of benzene rings is 1. The summed E-state index contributed by atoms with van der Waals surface area (Å²) in [4.78, 5) is 15.7. The Hall–Kier alpha value is -1.89. The highest BCUT2D eigenvalue weighted by molar-refractivity contribution is 9.10. The van der Waals surface area contributed by atoms with Gasteiger partial charge in [-0.25, -0.2) is 9.78 Å². The molecule has 7 heteroatoms. The van der Waals surface area contributed by atoms with Crippen molar-refractivity contribution in [1.82, 2.24) is 14.8 Å². The first-order chi connectivity index (χ1) is 8.58. The van der Waals surface area contributed by atoms with Gasteiger partial charge in [0.15, 0.2) is 12.4 Å². The lowest BCUT2D eigenvalue weighted by atomic mass is 10.2. The third-order valence-corrected chi connectivity index (χ3v) is 3.09. The molecule has 0 saturated carbocycles. The number of anilines is 1. The number of aromatic nitrogens is 3. The van der Waals surface area contributed by atoms with Crippen molar-refractivity contribution in [2.45, 2.75) is 6.61 Å². The zero-order valence-electron chi connectivity index (χ0n) is 9.63. The Bertz CT molecular complexity index is 582. The SMILES string of the molecule is Cn1ncnc1COC(=O)c1ccc(Br)c(N)c1. The van der Waals surface area contributed by atoms with Gasteiger partial charge in [-0.2, -0.15) is 5.10 Å². The van der Waals surface area contributed by atoms with Crippen LogP contribution in [0.5, 0.6) is 0 Å². The van der Waals surface area contributed by atoms with E-state index in [0.29, 0.717) is 17.1 Å². The second-order valence-electron chi connectivity index (χ2n) is 3.61. The first kappa shape index (κ1) is 12.6. The Labute approximate surface area is 112 Å². The molecule has 2 N–H and O–H groups in total. The van der Waals surface area contributed by atoms with Crippen molar-refractivity contribution >= 4 is 27.6 Å². The van der Waals surface area contributed by atoms with Crippen LogP contribution in [0.25, 0.3) is 0 Å². The molecule has 6 nitrogen and oxygen atoms in total. The van der Waals surface area contributed by atoms with E-state index in [1.54, 1.807) is 29.9 Å². The molecule has 1 aromatic carbocycles. The molecule has 0 atom stereocenters. The van der Waals surface area contributed by atoms with E-state index in [-0.39, 0.29) is 6.61 Å². The average Bonchev–Trinajstić information content (AvgIpc) is 2.75. The fraction of sp³-hybridized carbons (Fsp3) is 0.182. The van der Waals surface area contributed by atoms with Crippen LogP contribution in [-0.2, 0) is 18.4 Å². The lowest BCUT2D eigenvalue weighted by Gasteiger charge is -2.05. The monoisotopic (exact) mass is 310 g/mol. The second-order valence-corrected chi connectivity index (χ2v) is 4.47. The topological polar surface area (TPSA) is 83.0 Å². The molecular weight excluding hydrogens is 300 g/mol. The van der Waals surface area contributed by atoms with Crippen LogP contribution >= 0.6 is 15.9 Å². The smallest absolute Gasteiger partial charge is 0.338 e. The summed E-state index contributed by atoms with van der Waals surface area (Å²) < 4.78 is 7.40. The summed E-state index contributed by atoms with van der Waals surface area (Å²) >= 11 is 3.26. The Balaban J connectivity index is 2.04. The van der Waals surface area contributed by atoms with Gasteiger partial charge in [-0.15, -0.1) is 0 Å². The summed E-state index contributed by atoms with van der Waals surface area (Å²) in [6.07, 6.45) is 1.40. The van der Waals surface area contributed by atoms with Gasteiger partial charge < -0.3 is 10.5 Å². The summed E-state index contributed by atoms with van der Waals surface area (Å²) in [6, 6.07) is 4.90. The molecule has 0 unspecified atom stereocenters. The number of nitrogens with two attached hydrogens (primary N) is 1. The van der Waals surface area contributed by atoms with E-state index in [1.165, 1.54) is 6.33 Å². The molecule has 1 heterocycles. The standard InChI is InChI=1S/C11H11BrN4O2/c1-16-10(14-6-15-16)5-18-11(17)7-2-3-8(12)9(13)4-7/h2-4,6H,5,13H2,1H3. The highest BCUT2D eigenvalue weighted by atomic mass is 79.9. The van der Waals surface area contributed by atoms with Crippen LogP contribution in [0.3, 0.4) is 0 Å². The van der Waals surface area contributed by atoms with Gasteiger partial charge in [0.2, 0.25) is 0 Å². The fourth-order valence-corrected chi connectivity index (χ4v) is 1.58. The largest absolute Gasteiger partial charge is 0.454 e. The minimum absolute atomic E-state index is 0.0747. The number of carbonyl (C=O) groups is 1. The molecule has 2 rings (SSSR count). The minimum Gasteiger partial charge on any atom is -0.454 e. The molecule has 0 aliphatic rings. The maximum atomic E-state index is 11.8. The first-order valence-electron chi connectivity index (χ1n) is 5.13. The van der Waals surface area contributed by atoms with Crippen LogP contribution in [-0.4, -0.2) is 20.7 Å². The lowest BCUT2D eigenvalue weighted by Crippen LogP contribution is -2.09. The molecular formula is C11H11BrN4O2. The average molecular weight is 311 g/mol. The van der Waals surface area contributed by atoms with E-state index in [1.807, 2.05) is 0 Å². The summed E-state index contributed by atoms with van der Waals surface area (Å²) in [5.41, 5.74) is 6.58. The van der Waals surface area contributed by atoms with Crippen molar-refractivity contribution in [3.8, 4) is 0 Å². The Kier molecular flexibility index (Phi) is 3.61. The molecule has 0 spiro atoms. The molecule has 18 heavy (non-hydrogen) atoms. The number of halogens is 1. The number of nitrogens with zero attached hydrogens (tertiary/aromatic N) is 3. The van der Waals surface area contributed by atoms with Crippen molar-refractivity contribution in [3.05, 3.63) is 40.4 Å². The molecule has 0 amide bonds. The third-order valence-electron chi connectivity index (χ3n) is 2.37. The molecule has 0 aliphatic heterocycles. The van der Waals surface area contributed by atoms with Crippen molar-refractivity contribution in [1.29, 1.82) is 0 Å². The normalized spacial score (nSPS) is 10.3. The number of esters is 1. The maximum absolute atomic E-state index is 11.8. The molecule has 2 aromatic rings. The van der Waals surface area contributed by atoms with Crippen molar-refractivity contribution in [2.24, 2.45) is 7.05 Å². The summed E-state index contributed by atoms with van der Waals surface area (Å²) in [6.45, 7) is 0.0747. The third kappa shape index (κ3) is 2.67. The zero-order valence-corrected chi connectivity index (χ0v) is 11.2. The maximum Gasteiger partial charge on any atom is 0.338 e. The first-order valence-corrected chi connectivity index (χ1v) is 5.92. The van der Waals surface area contributed by atoms with Crippen LogP contribution in [0.1, 0.15) is 16.2 Å². The van der Waals surface area contributed by atoms with Crippen LogP contribution in [0, 0.1) is 0 Å². The van der Waals surface area contributed by atoms with E-state index in [0.717, 1.165) is 4.47 Å². The van der Waals surface area contributed by atoms with Gasteiger partial charge in [0.1, 0.15) is 6.33 Å². The molecule has 1 aromatic heterocycles. The van der Waals surface area contributed by atoms with Gasteiger partial charge in [-0.1, -0.05) is 0 Å². The van der Waals surface area contributed by atoms with Crippen LogP contribution in [0.2, 0.25) is 0 Å². The van der Waals surface area contributed by atoms with E-state index in [4.69, 9.17) is 10.5 Å². The van der Waals surface area contributed by atoms with E-state index in [2.05, 4.69) is 26.0 Å². The van der Waals surface area contributed by atoms with E-state index >= 15 is 0 Å². The Morgan fingerprint density at radius 1 is 1.56 bits per heavy atom. The van der Waals surface area contributed by atoms with Gasteiger partial charge in [0, 0.05) is 17.2 Å². The summed E-state index contributed by atoms with van der Waals surface area (Å²) in [5, 5.41) is 3.88. The molecule has 0 saturated heterocycles. The van der Waals surface area contributed by atoms with Crippen molar-refractivity contribution in [2.75, 3.05) is 5.73 Å². The molecule has 0 aliphatic carbocycles. The number of rotatable bonds is 3. The molecule has 0 bridgehead atoms.